The Morgan fingerprint density at radius 2 is 1.89 bits per heavy atom. The van der Waals surface area contributed by atoms with Gasteiger partial charge < -0.3 is 0 Å². The van der Waals surface area contributed by atoms with Gasteiger partial charge in [-0.1, -0.05) is 0 Å². The summed E-state index contributed by atoms with van der Waals surface area (Å²) in [5.74, 6) is 0. The second-order valence-corrected chi connectivity index (χ2v) is 2.91. The zero-order chi connectivity index (χ0) is 6.53. The molecule has 0 aliphatic rings. The summed E-state index contributed by atoms with van der Waals surface area (Å²) in [5.41, 5.74) is 1.22. The second-order valence-electron chi connectivity index (χ2n) is 1.76. The molecule has 1 aromatic carbocycles. The third kappa shape index (κ3) is 2.18. The monoisotopic (exact) mass is 188 g/mol. The molecule has 1 N–H and O–H groups in total. The van der Waals surface area contributed by atoms with Gasteiger partial charge >= 0.3 is 60.7 Å². The average molecular weight is 187 g/mol. The van der Waals surface area contributed by atoms with E-state index in [1.165, 1.54) is 5.56 Å². The van der Waals surface area contributed by atoms with Crippen LogP contribution in [0.4, 0.5) is 0 Å². The normalized spacial score (nSPS) is 9.44. The van der Waals surface area contributed by atoms with E-state index in [-0.39, 0.29) is 15.3 Å². The van der Waals surface area contributed by atoms with Crippen LogP contribution >= 0.6 is 0 Å². The van der Waals surface area contributed by atoms with Gasteiger partial charge in [0.15, 0.2) is 0 Å². The molecular weight excluding hydrogens is 179 g/mol. The molecule has 0 saturated carbocycles. The van der Waals surface area contributed by atoms with Gasteiger partial charge in [0.1, 0.15) is 0 Å². The van der Waals surface area contributed by atoms with Crippen LogP contribution in [0.5, 0.6) is 0 Å². The van der Waals surface area contributed by atoms with Gasteiger partial charge in [-0.05, 0) is 0 Å². The first-order valence-electron chi connectivity index (χ1n) is 2.74. The van der Waals surface area contributed by atoms with Gasteiger partial charge in [-0.15, -0.1) is 0 Å². The van der Waals surface area contributed by atoms with E-state index in [2.05, 4.69) is 0 Å². The van der Waals surface area contributed by atoms with Crippen molar-refractivity contribution >= 4 is 15.3 Å². The summed E-state index contributed by atoms with van der Waals surface area (Å²) in [5, 5.41) is 0.827. The van der Waals surface area contributed by atoms with E-state index < -0.39 is 0 Å². The Hall–Kier alpha value is -0.301. The van der Waals surface area contributed by atoms with E-state index in [1.54, 1.807) is 0 Å². The molecule has 0 spiro atoms. The van der Waals surface area contributed by atoms with Crippen molar-refractivity contribution < 1.29 is 4.19 Å². The van der Waals surface area contributed by atoms with Crippen LogP contribution in [0, 0.1) is 0 Å². The summed E-state index contributed by atoms with van der Waals surface area (Å²) in [4.78, 5) is 0. The van der Waals surface area contributed by atoms with Crippen LogP contribution in [0.25, 0.3) is 0 Å². The van der Waals surface area contributed by atoms with Gasteiger partial charge in [-0.3, -0.25) is 0 Å². The number of hydrogen-bond acceptors (Lipinski definition) is 1. The van der Waals surface area contributed by atoms with Crippen LogP contribution in [0.2, 0.25) is 0 Å². The minimum atomic E-state index is -0.221. The molecule has 1 nitrogen and oxygen atoms in total. The summed E-state index contributed by atoms with van der Waals surface area (Å²) in [7, 11) is 0. The van der Waals surface area contributed by atoms with Gasteiger partial charge in [0.2, 0.25) is 0 Å². The Kier molecular flexibility index (Phi) is 2.78. The Morgan fingerprint density at radius 1 is 1.22 bits per heavy atom. The molecule has 1 aromatic rings. The fourth-order valence-electron chi connectivity index (χ4n) is 0.649. The van der Waals surface area contributed by atoms with Crippen LogP contribution in [0.1, 0.15) is 5.56 Å². The van der Waals surface area contributed by atoms with Crippen LogP contribution in [0.3, 0.4) is 0 Å². The van der Waals surface area contributed by atoms with Crippen molar-refractivity contribution in [3.63, 3.8) is 0 Å². The van der Waals surface area contributed by atoms with Gasteiger partial charge in [-0.2, -0.15) is 0 Å². The van der Waals surface area contributed by atoms with Gasteiger partial charge in [0.25, 0.3) is 0 Å². The molecule has 48 valence electrons. The summed E-state index contributed by atoms with van der Waals surface area (Å²) in [6, 6.07) is 10.0. The molecule has 1 rings (SSSR count). The summed E-state index contributed by atoms with van der Waals surface area (Å²) in [6.07, 6.45) is 0. The Labute approximate surface area is 61.2 Å². The van der Waals surface area contributed by atoms with Crippen LogP contribution in [-0.2, 0) is 5.32 Å². The molecule has 0 saturated heterocycles. The van der Waals surface area contributed by atoms with Crippen molar-refractivity contribution in [1.29, 1.82) is 0 Å². The third-order valence-corrected chi connectivity index (χ3v) is 2.04. The predicted molar refractivity (Wildman–Crippen MR) is 38.1 cm³/mol. The van der Waals surface area contributed by atoms with Crippen molar-refractivity contribution in [3.05, 3.63) is 35.9 Å². The van der Waals surface area contributed by atoms with E-state index in [0.717, 1.165) is 5.32 Å². The van der Waals surface area contributed by atoms with E-state index >= 15 is 0 Å². The number of benzene rings is 1. The summed E-state index contributed by atoms with van der Waals surface area (Å²) in [6.45, 7) is 0. The van der Waals surface area contributed by atoms with E-state index in [9.17, 15) is 0 Å². The zero-order valence-electron chi connectivity index (χ0n) is 4.95. The summed E-state index contributed by atoms with van der Waals surface area (Å²) < 4.78 is 8.58. The minimum absolute atomic E-state index is 0.221. The maximum atomic E-state index is 8.58. The molecule has 2 heteroatoms. The summed E-state index contributed by atoms with van der Waals surface area (Å²) >= 11 is -0.221. The molecule has 0 aliphatic carbocycles. The van der Waals surface area contributed by atoms with Crippen LogP contribution in [0.15, 0.2) is 30.3 Å². The van der Waals surface area contributed by atoms with Crippen molar-refractivity contribution in [3.8, 4) is 0 Å². The second kappa shape index (κ2) is 3.67. The van der Waals surface area contributed by atoms with Crippen LogP contribution in [-0.4, -0.2) is 19.5 Å². The molecule has 0 radical (unpaired) electrons. The molecule has 0 unspecified atom stereocenters. The third-order valence-electron chi connectivity index (χ3n) is 1.07. The maximum absolute atomic E-state index is 8.58. The van der Waals surface area contributed by atoms with Crippen molar-refractivity contribution in [2.45, 2.75) is 5.32 Å². The first-order chi connectivity index (χ1) is 4.43. The zero-order valence-corrected chi connectivity index (χ0v) is 6.66. The molecule has 0 aliphatic heterocycles. The average Bonchev–Trinajstić information content (AvgIpc) is 1.91. The number of hydrogen-bond donors (Lipinski definition) is 1. The van der Waals surface area contributed by atoms with Crippen molar-refractivity contribution in [1.82, 2.24) is 0 Å². The Balaban J connectivity index is 2.61. The van der Waals surface area contributed by atoms with Crippen LogP contribution < -0.4 is 0 Å². The fraction of sp³-hybridized carbons (Fsp3) is 0.143. The molecular formula is C7H8OSe. The molecule has 0 amide bonds. The standard InChI is InChI=1S/C7H8OSe/c8-9-6-7-4-2-1-3-5-7/h1-5,8H,6H2. The molecule has 0 atom stereocenters. The molecule has 0 bridgehead atoms. The fourth-order valence-corrected chi connectivity index (χ4v) is 1.37. The van der Waals surface area contributed by atoms with Gasteiger partial charge in [0, 0.05) is 0 Å². The molecule has 0 heterocycles. The Bertz CT molecular complexity index is 162. The quantitative estimate of drug-likeness (QED) is 0.679. The first-order valence-corrected chi connectivity index (χ1v) is 4.71. The van der Waals surface area contributed by atoms with Crippen molar-refractivity contribution in [2.75, 3.05) is 0 Å². The molecule has 0 fully saturated rings. The van der Waals surface area contributed by atoms with E-state index in [0.29, 0.717) is 0 Å². The Morgan fingerprint density at radius 3 is 2.44 bits per heavy atom. The topological polar surface area (TPSA) is 20.2 Å². The van der Waals surface area contributed by atoms with E-state index in [4.69, 9.17) is 4.19 Å². The van der Waals surface area contributed by atoms with E-state index in [1.807, 2.05) is 30.3 Å². The molecule has 0 aromatic heterocycles. The first kappa shape index (κ1) is 6.81. The predicted octanol–water partition coefficient (Wildman–Crippen LogP) is 0.798. The number of rotatable bonds is 2. The van der Waals surface area contributed by atoms with Gasteiger partial charge in [-0.25, -0.2) is 0 Å². The SMILES string of the molecule is O[Se]Cc1ccccc1. The van der Waals surface area contributed by atoms with Gasteiger partial charge in [0.05, 0.1) is 0 Å². The molecule has 9 heavy (non-hydrogen) atoms. The van der Waals surface area contributed by atoms with Crippen molar-refractivity contribution in [2.24, 2.45) is 0 Å².